The number of hydrogen-bond donors (Lipinski definition) is 2. The van der Waals surface area contributed by atoms with Crippen LogP contribution in [0.1, 0.15) is 16.7 Å². The van der Waals surface area contributed by atoms with Crippen LogP contribution in [0.25, 0.3) is 17.2 Å². The van der Waals surface area contributed by atoms with E-state index in [0.29, 0.717) is 5.75 Å². The average Bonchev–Trinajstić information content (AvgIpc) is 3.19. The zero-order valence-corrected chi connectivity index (χ0v) is 16.5. The van der Waals surface area contributed by atoms with Gasteiger partial charge in [-0.15, -0.1) is 0 Å². The molecule has 3 nitrogen and oxygen atoms in total. The number of para-hydroxylation sites is 2. The summed E-state index contributed by atoms with van der Waals surface area (Å²) in [6.45, 7) is 0. The Hall–Kier alpha value is -3.98. The zero-order valence-electron chi connectivity index (χ0n) is 16.5. The highest BCUT2D eigenvalue weighted by molar-refractivity contribution is 5.76. The lowest BCUT2D eigenvalue weighted by molar-refractivity contribution is 0.239. The second-order valence-electron chi connectivity index (χ2n) is 6.92. The molecule has 2 aliphatic rings. The van der Waals surface area contributed by atoms with Crippen molar-refractivity contribution in [3.05, 3.63) is 126 Å². The van der Waals surface area contributed by atoms with E-state index in [1.165, 1.54) is 22.3 Å². The second-order valence-corrected chi connectivity index (χ2v) is 6.92. The third kappa shape index (κ3) is 4.70. The van der Waals surface area contributed by atoms with E-state index < -0.39 is 0 Å². The van der Waals surface area contributed by atoms with Gasteiger partial charge in [-0.3, -0.25) is 0 Å². The zero-order chi connectivity index (χ0) is 20.6. The maximum absolute atomic E-state index is 8.63. The van der Waals surface area contributed by atoms with Crippen LogP contribution in [0, 0.1) is 0 Å². The van der Waals surface area contributed by atoms with Gasteiger partial charge in [-0.2, -0.15) is 0 Å². The molecule has 3 heteroatoms. The van der Waals surface area contributed by atoms with Gasteiger partial charge >= 0.3 is 0 Å². The van der Waals surface area contributed by atoms with Crippen molar-refractivity contribution >= 4 is 6.08 Å². The van der Waals surface area contributed by atoms with Crippen LogP contribution in [0.3, 0.4) is 0 Å². The first-order valence-electron chi connectivity index (χ1n) is 9.89. The highest BCUT2D eigenvalue weighted by atomic mass is 16.6. The van der Waals surface area contributed by atoms with Gasteiger partial charge in [0.1, 0.15) is 5.75 Å². The molecular weight excluding hydrogens is 370 g/mol. The van der Waals surface area contributed by atoms with Crippen LogP contribution in [0.5, 0.6) is 11.5 Å². The Balaban J connectivity index is 0.000000115. The van der Waals surface area contributed by atoms with Crippen molar-refractivity contribution in [1.82, 2.24) is 5.48 Å². The summed E-state index contributed by atoms with van der Waals surface area (Å²) in [5, 5.41) is 8.63. The number of aromatic hydroxyl groups is 1. The van der Waals surface area contributed by atoms with E-state index in [1.807, 2.05) is 36.4 Å². The van der Waals surface area contributed by atoms with Gasteiger partial charge in [0.05, 0.1) is 0 Å². The van der Waals surface area contributed by atoms with Crippen LogP contribution in [-0.2, 0) is 6.42 Å². The smallest absolute Gasteiger partial charge is 0.162 e. The van der Waals surface area contributed by atoms with Gasteiger partial charge in [0, 0.05) is 11.8 Å². The van der Waals surface area contributed by atoms with Gasteiger partial charge in [-0.25, -0.2) is 5.48 Å². The average molecular weight is 393 g/mol. The molecule has 6 rings (SSSR count). The summed E-state index contributed by atoms with van der Waals surface area (Å²) >= 11 is 0. The van der Waals surface area contributed by atoms with Crippen LogP contribution in [0.15, 0.2) is 109 Å². The highest BCUT2D eigenvalue weighted by Crippen LogP contribution is 2.35. The Labute approximate surface area is 176 Å². The number of hydrogen-bond acceptors (Lipinski definition) is 3. The number of phenolic OH excluding ortho intramolecular Hbond substituents is 1. The number of fused-ring (bicyclic) bond motifs is 4. The fourth-order valence-electron chi connectivity index (χ4n) is 3.44. The highest BCUT2D eigenvalue weighted by Gasteiger charge is 2.15. The van der Waals surface area contributed by atoms with Crippen molar-refractivity contribution in [2.24, 2.45) is 0 Å². The van der Waals surface area contributed by atoms with Gasteiger partial charge in [-0.05, 0) is 52.9 Å². The van der Waals surface area contributed by atoms with Crippen molar-refractivity contribution < 1.29 is 9.94 Å². The summed E-state index contributed by atoms with van der Waals surface area (Å²) in [5.41, 5.74) is 9.53. The Bertz CT molecular complexity index is 1090. The molecule has 0 saturated heterocycles. The molecule has 4 aromatic rings. The van der Waals surface area contributed by atoms with E-state index in [0.717, 1.165) is 17.7 Å². The molecule has 1 heterocycles. The minimum atomic E-state index is 0.322. The molecule has 0 aromatic heterocycles. The first kappa shape index (κ1) is 19.3. The van der Waals surface area contributed by atoms with Gasteiger partial charge < -0.3 is 9.94 Å². The van der Waals surface area contributed by atoms with E-state index in [1.54, 1.807) is 30.5 Å². The maximum Gasteiger partial charge on any atom is 0.162 e. The lowest BCUT2D eigenvalue weighted by atomic mass is 10.1. The minimum absolute atomic E-state index is 0.322. The van der Waals surface area contributed by atoms with Crippen molar-refractivity contribution in [2.45, 2.75) is 6.42 Å². The summed E-state index contributed by atoms with van der Waals surface area (Å²) < 4.78 is 0. The van der Waals surface area contributed by atoms with Crippen molar-refractivity contribution in [1.29, 1.82) is 0 Å². The third-order valence-corrected chi connectivity index (χ3v) is 4.88. The number of nitrogens with one attached hydrogen (secondary N) is 1. The van der Waals surface area contributed by atoms with Crippen LogP contribution in [0.2, 0.25) is 0 Å². The van der Waals surface area contributed by atoms with E-state index in [4.69, 9.17) is 9.94 Å². The molecule has 0 radical (unpaired) electrons. The standard InChI is InChI=1S/C13H10.C8H7NO.C6H6O/c1-3-7-12-10(5-1)9-11-6-2-4-8-13(11)12;1-2-4-8-7(3-1)5-6-9-10-8;7-6-4-2-1-3-5-6/h1-8H,9H2;1-6,9H;1-5,7H. The first-order chi connectivity index (χ1) is 14.8. The second kappa shape index (κ2) is 9.48. The van der Waals surface area contributed by atoms with Crippen molar-refractivity contribution in [3.8, 4) is 22.6 Å². The van der Waals surface area contributed by atoms with Crippen LogP contribution in [0.4, 0.5) is 0 Å². The Morgan fingerprint density at radius 1 is 0.633 bits per heavy atom. The SMILES string of the molecule is C1=Cc2ccccc2ON1.Oc1ccccc1.c1ccc2c(c1)Cc1ccccc1-2. The molecule has 0 saturated carbocycles. The maximum atomic E-state index is 8.63. The minimum Gasteiger partial charge on any atom is -0.508 e. The van der Waals surface area contributed by atoms with Gasteiger partial charge in [0.2, 0.25) is 0 Å². The van der Waals surface area contributed by atoms with E-state index in [-0.39, 0.29) is 0 Å². The predicted molar refractivity (Wildman–Crippen MR) is 122 cm³/mol. The lowest BCUT2D eigenvalue weighted by Crippen LogP contribution is -2.13. The Morgan fingerprint density at radius 2 is 1.20 bits per heavy atom. The van der Waals surface area contributed by atoms with Gasteiger partial charge in [0.15, 0.2) is 5.75 Å². The Kier molecular flexibility index (Phi) is 6.11. The fourth-order valence-corrected chi connectivity index (χ4v) is 3.44. The Morgan fingerprint density at radius 3 is 1.80 bits per heavy atom. The third-order valence-electron chi connectivity index (χ3n) is 4.88. The van der Waals surface area contributed by atoms with Gasteiger partial charge in [-0.1, -0.05) is 84.9 Å². The molecule has 1 aliphatic heterocycles. The summed E-state index contributed by atoms with van der Waals surface area (Å²) in [5.74, 6) is 1.20. The number of phenols is 1. The quantitative estimate of drug-likeness (QED) is 0.329. The molecule has 1 aliphatic carbocycles. The molecule has 0 unspecified atom stereocenters. The molecule has 0 spiro atoms. The van der Waals surface area contributed by atoms with E-state index >= 15 is 0 Å². The predicted octanol–water partition coefficient (Wildman–Crippen LogP) is 6.20. The molecule has 0 atom stereocenters. The molecule has 148 valence electrons. The van der Waals surface area contributed by atoms with Gasteiger partial charge in [0.25, 0.3) is 0 Å². The first-order valence-corrected chi connectivity index (χ1v) is 9.89. The molecule has 0 amide bonds. The summed E-state index contributed by atoms with van der Waals surface area (Å²) in [6, 6.07) is 33.9. The molecule has 30 heavy (non-hydrogen) atoms. The molecular formula is C27H23NO2. The van der Waals surface area contributed by atoms with Crippen molar-refractivity contribution in [3.63, 3.8) is 0 Å². The molecule has 4 aromatic carbocycles. The summed E-state index contributed by atoms with van der Waals surface area (Å²) in [4.78, 5) is 5.09. The number of benzene rings is 4. The topological polar surface area (TPSA) is 41.5 Å². The fraction of sp³-hybridized carbons (Fsp3) is 0.0370. The molecule has 0 fully saturated rings. The molecule has 0 bridgehead atoms. The van der Waals surface area contributed by atoms with Crippen molar-refractivity contribution in [2.75, 3.05) is 0 Å². The van der Waals surface area contributed by atoms with E-state index in [2.05, 4.69) is 54.0 Å². The van der Waals surface area contributed by atoms with Crippen LogP contribution in [-0.4, -0.2) is 5.11 Å². The lowest BCUT2D eigenvalue weighted by Gasteiger charge is -2.11. The monoisotopic (exact) mass is 393 g/mol. The molecule has 2 N–H and O–H groups in total. The largest absolute Gasteiger partial charge is 0.508 e. The van der Waals surface area contributed by atoms with Crippen LogP contribution >= 0.6 is 0 Å². The van der Waals surface area contributed by atoms with Crippen LogP contribution < -0.4 is 10.3 Å². The normalized spacial score (nSPS) is 11.7. The van der Waals surface area contributed by atoms with E-state index in [9.17, 15) is 0 Å². The summed E-state index contributed by atoms with van der Waals surface area (Å²) in [7, 11) is 0. The number of rotatable bonds is 0. The number of hydroxylamine groups is 1. The summed E-state index contributed by atoms with van der Waals surface area (Å²) in [6.07, 6.45) is 4.84.